The van der Waals surface area contributed by atoms with Gasteiger partial charge in [-0.1, -0.05) is 30.3 Å². The van der Waals surface area contributed by atoms with Gasteiger partial charge in [-0.2, -0.15) is 4.98 Å². The fourth-order valence-electron chi connectivity index (χ4n) is 2.25. The molecule has 0 aliphatic rings. The van der Waals surface area contributed by atoms with Crippen molar-refractivity contribution in [1.29, 1.82) is 0 Å². The minimum absolute atomic E-state index is 0.0644. The van der Waals surface area contributed by atoms with Crippen molar-refractivity contribution in [3.63, 3.8) is 0 Å². The number of nitrogens with zero attached hydrogens (tertiary/aromatic N) is 3. The Labute approximate surface area is 131 Å². The smallest absolute Gasteiger partial charge is 0.382 e. The molecule has 0 aliphatic carbocycles. The van der Waals surface area contributed by atoms with E-state index in [0.29, 0.717) is 16.7 Å². The lowest BCUT2D eigenvalue weighted by molar-refractivity contribution is -0.120. The van der Waals surface area contributed by atoms with Gasteiger partial charge in [-0.25, -0.2) is 9.78 Å². The maximum atomic E-state index is 12.1. The first kappa shape index (κ1) is 14.7. The van der Waals surface area contributed by atoms with Gasteiger partial charge in [0.25, 0.3) is 0 Å². The molecule has 0 radical (unpaired) electrons. The average Bonchev–Trinajstić information content (AvgIpc) is 2.58. The molecule has 0 bridgehead atoms. The zero-order valence-electron chi connectivity index (χ0n) is 12.1. The number of hydrogen-bond donors (Lipinski definition) is 2. The molecule has 1 aromatic carbocycles. The number of benzene rings is 1. The molecular weight excluding hydrogens is 296 g/mol. The summed E-state index contributed by atoms with van der Waals surface area (Å²) in [4.78, 5) is 31.4. The number of carbonyl (C=O) groups excluding carboxylic acids is 1. The summed E-state index contributed by atoms with van der Waals surface area (Å²) in [7, 11) is 0. The van der Waals surface area contributed by atoms with Crippen molar-refractivity contribution < 1.29 is 10.0 Å². The molecule has 0 fully saturated rings. The summed E-state index contributed by atoms with van der Waals surface area (Å²) in [5, 5.41) is 12.9. The Morgan fingerprint density at radius 2 is 1.96 bits per heavy atom. The molecule has 2 heterocycles. The van der Waals surface area contributed by atoms with Gasteiger partial charge in [0.2, 0.25) is 5.91 Å². The molecule has 2 aromatic heterocycles. The van der Waals surface area contributed by atoms with E-state index in [2.05, 4.69) is 15.3 Å². The molecule has 0 aliphatic heterocycles. The molecule has 2 N–H and O–H groups in total. The van der Waals surface area contributed by atoms with Gasteiger partial charge in [-0.15, -0.1) is 4.73 Å². The molecule has 23 heavy (non-hydrogen) atoms. The van der Waals surface area contributed by atoms with Crippen LogP contribution in [0, 0.1) is 0 Å². The van der Waals surface area contributed by atoms with E-state index >= 15 is 0 Å². The van der Waals surface area contributed by atoms with Crippen LogP contribution in [0.2, 0.25) is 0 Å². The zero-order chi connectivity index (χ0) is 16.2. The highest BCUT2D eigenvalue weighted by molar-refractivity contribution is 5.85. The van der Waals surface area contributed by atoms with Crippen molar-refractivity contribution in [3.05, 3.63) is 70.4 Å². The van der Waals surface area contributed by atoms with Crippen LogP contribution in [0.4, 0.5) is 0 Å². The van der Waals surface area contributed by atoms with Crippen LogP contribution in [-0.4, -0.2) is 25.8 Å². The first-order valence-corrected chi connectivity index (χ1v) is 7.01. The van der Waals surface area contributed by atoms with Crippen molar-refractivity contribution in [3.8, 4) is 0 Å². The van der Waals surface area contributed by atoms with E-state index in [-0.39, 0.29) is 23.7 Å². The van der Waals surface area contributed by atoms with Crippen molar-refractivity contribution in [2.75, 3.05) is 0 Å². The minimum Gasteiger partial charge on any atom is -0.422 e. The van der Waals surface area contributed by atoms with E-state index < -0.39 is 5.69 Å². The van der Waals surface area contributed by atoms with Crippen molar-refractivity contribution in [2.24, 2.45) is 0 Å². The number of hydrogen-bond acceptors (Lipinski definition) is 5. The molecule has 1 amide bonds. The normalized spacial score (nSPS) is 10.6. The molecule has 0 atom stereocenters. The molecule has 0 spiro atoms. The van der Waals surface area contributed by atoms with Crippen molar-refractivity contribution in [2.45, 2.75) is 13.0 Å². The van der Waals surface area contributed by atoms with Crippen LogP contribution < -0.4 is 11.0 Å². The van der Waals surface area contributed by atoms with Crippen molar-refractivity contribution >= 4 is 16.9 Å². The molecule has 0 unspecified atom stereocenters. The summed E-state index contributed by atoms with van der Waals surface area (Å²) in [6, 6.07) is 12.8. The average molecular weight is 310 g/mol. The van der Waals surface area contributed by atoms with Gasteiger partial charge >= 0.3 is 5.69 Å². The fourth-order valence-corrected chi connectivity index (χ4v) is 2.25. The van der Waals surface area contributed by atoms with Crippen LogP contribution in [0.25, 0.3) is 11.0 Å². The number of nitrogens with one attached hydrogen (secondary N) is 1. The third-order valence-corrected chi connectivity index (χ3v) is 3.37. The number of rotatable bonds is 4. The highest BCUT2D eigenvalue weighted by atomic mass is 16.5. The fraction of sp³-hybridized carbons (Fsp3) is 0.125. The number of carbonyl (C=O) groups is 1. The largest absolute Gasteiger partial charge is 0.422 e. The highest BCUT2D eigenvalue weighted by Gasteiger charge is 2.13. The predicted molar refractivity (Wildman–Crippen MR) is 83.0 cm³/mol. The molecule has 7 nitrogen and oxygen atoms in total. The summed E-state index contributed by atoms with van der Waals surface area (Å²) >= 11 is 0. The Morgan fingerprint density at radius 1 is 1.17 bits per heavy atom. The Hall–Kier alpha value is -3.22. The number of amides is 1. The van der Waals surface area contributed by atoms with Gasteiger partial charge in [-0.3, -0.25) is 4.79 Å². The Bertz CT molecular complexity index is 906. The van der Waals surface area contributed by atoms with E-state index in [1.54, 1.807) is 12.1 Å². The molecule has 3 aromatic rings. The molecular formula is C16H14N4O3. The molecule has 7 heteroatoms. The molecule has 0 saturated heterocycles. The predicted octanol–water partition coefficient (Wildman–Crippen LogP) is 0.888. The van der Waals surface area contributed by atoms with Crippen LogP contribution in [0.15, 0.2) is 53.5 Å². The highest BCUT2D eigenvalue weighted by Crippen LogP contribution is 2.12. The monoisotopic (exact) mass is 310 g/mol. The molecule has 116 valence electrons. The maximum absolute atomic E-state index is 12.1. The second-order valence-corrected chi connectivity index (χ2v) is 4.97. The topological polar surface area (TPSA) is 97.1 Å². The van der Waals surface area contributed by atoms with E-state index in [1.165, 1.54) is 6.20 Å². The number of aromatic nitrogens is 3. The third-order valence-electron chi connectivity index (χ3n) is 3.37. The second-order valence-electron chi connectivity index (χ2n) is 4.97. The lowest BCUT2D eigenvalue weighted by atomic mass is 10.2. The Morgan fingerprint density at radius 3 is 2.74 bits per heavy atom. The quantitative estimate of drug-likeness (QED) is 0.697. The van der Waals surface area contributed by atoms with Gasteiger partial charge in [0.05, 0.1) is 12.1 Å². The molecule has 0 saturated carbocycles. The van der Waals surface area contributed by atoms with Gasteiger partial charge in [0.15, 0.2) is 5.65 Å². The van der Waals surface area contributed by atoms with E-state index in [1.807, 2.05) is 30.3 Å². The Kier molecular flexibility index (Phi) is 4.01. The summed E-state index contributed by atoms with van der Waals surface area (Å²) in [6.45, 7) is 0.396. The number of pyridine rings is 1. The summed E-state index contributed by atoms with van der Waals surface area (Å²) < 4.78 is 0.376. The van der Waals surface area contributed by atoms with E-state index in [9.17, 15) is 14.8 Å². The van der Waals surface area contributed by atoms with Crippen LogP contribution in [0.5, 0.6) is 0 Å². The minimum atomic E-state index is -0.859. The lowest BCUT2D eigenvalue weighted by Crippen LogP contribution is -2.28. The van der Waals surface area contributed by atoms with Crippen molar-refractivity contribution in [1.82, 2.24) is 20.0 Å². The SMILES string of the molecule is O=C(Cc1nc(=O)n(O)c2ncccc12)NCc1ccccc1. The standard InChI is InChI=1S/C16H14N4O3/c21-14(18-10-11-5-2-1-3-6-11)9-13-12-7-4-8-17-15(12)20(23)16(22)19-13/h1-8,23H,9-10H2,(H,18,21). The second kappa shape index (κ2) is 6.27. The van der Waals surface area contributed by atoms with Gasteiger partial charge in [-0.05, 0) is 17.7 Å². The van der Waals surface area contributed by atoms with E-state index in [4.69, 9.17) is 0 Å². The van der Waals surface area contributed by atoms with E-state index in [0.717, 1.165) is 5.56 Å². The first-order valence-electron chi connectivity index (χ1n) is 7.01. The van der Waals surface area contributed by atoms with Gasteiger partial charge in [0, 0.05) is 18.1 Å². The van der Waals surface area contributed by atoms with Crippen LogP contribution in [-0.2, 0) is 17.8 Å². The summed E-state index contributed by atoms with van der Waals surface area (Å²) in [6.07, 6.45) is 1.39. The summed E-state index contributed by atoms with van der Waals surface area (Å²) in [5.74, 6) is -0.262. The Balaban J connectivity index is 1.80. The number of fused-ring (bicyclic) bond motifs is 1. The van der Waals surface area contributed by atoms with Crippen LogP contribution in [0.1, 0.15) is 11.3 Å². The summed E-state index contributed by atoms with van der Waals surface area (Å²) in [5.41, 5.74) is 0.487. The first-order chi connectivity index (χ1) is 11.1. The van der Waals surface area contributed by atoms with Crippen LogP contribution in [0.3, 0.4) is 0 Å². The lowest BCUT2D eigenvalue weighted by Gasteiger charge is -2.08. The van der Waals surface area contributed by atoms with Gasteiger partial charge in [0.1, 0.15) is 0 Å². The maximum Gasteiger partial charge on any atom is 0.382 e. The molecule has 3 rings (SSSR count). The van der Waals surface area contributed by atoms with Gasteiger partial charge < -0.3 is 10.5 Å². The van der Waals surface area contributed by atoms with Crippen LogP contribution >= 0.6 is 0 Å². The third kappa shape index (κ3) is 3.18. The zero-order valence-corrected chi connectivity index (χ0v) is 12.1.